The van der Waals surface area contributed by atoms with Gasteiger partial charge in [-0.3, -0.25) is 15.6 Å². The van der Waals surface area contributed by atoms with Gasteiger partial charge in [0.2, 0.25) is 0 Å². The second kappa shape index (κ2) is 4.62. The van der Waals surface area contributed by atoms with Gasteiger partial charge in [-0.05, 0) is 13.0 Å². The molecule has 0 saturated carbocycles. The highest BCUT2D eigenvalue weighted by Gasteiger charge is 2.12. The third-order valence-electron chi connectivity index (χ3n) is 2.09. The summed E-state index contributed by atoms with van der Waals surface area (Å²) < 4.78 is 4.84. The molecule has 0 aromatic carbocycles. The van der Waals surface area contributed by atoms with Gasteiger partial charge in [-0.25, -0.2) is 0 Å². The molecule has 17 heavy (non-hydrogen) atoms. The largest absolute Gasteiger partial charge is 0.360 e. The van der Waals surface area contributed by atoms with Crippen LogP contribution in [0.15, 0.2) is 29.0 Å². The van der Waals surface area contributed by atoms with Crippen molar-refractivity contribution in [3.8, 4) is 0 Å². The molecule has 2 rings (SSSR count). The van der Waals surface area contributed by atoms with Crippen LogP contribution in [-0.2, 0) is 0 Å². The van der Waals surface area contributed by atoms with Crippen molar-refractivity contribution in [2.45, 2.75) is 6.92 Å². The fraction of sp³-hybridized carbons (Fsp3) is 0.100. The predicted octanol–water partition coefficient (Wildman–Crippen LogP) is 0.916. The van der Waals surface area contributed by atoms with Gasteiger partial charge in [-0.1, -0.05) is 5.16 Å². The van der Waals surface area contributed by atoms with E-state index in [9.17, 15) is 4.79 Å². The SMILES string of the molecule is Cc1cc(NC(=O)c2cnccc2NN)no1. The maximum atomic E-state index is 11.9. The first-order valence-corrected chi connectivity index (χ1v) is 4.86. The smallest absolute Gasteiger partial charge is 0.260 e. The van der Waals surface area contributed by atoms with Crippen molar-refractivity contribution in [1.29, 1.82) is 0 Å². The Bertz CT molecular complexity index is 537. The third-order valence-corrected chi connectivity index (χ3v) is 2.09. The Balaban J connectivity index is 2.20. The monoisotopic (exact) mass is 233 g/mol. The molecule has 0 atom stereocenters. The standard InChI is InChI=1S/C10H11N5O2/c1-6-4-9(15-17-6)13-10(16)7-5-12-3-2-8(7)14-11/h2-5H,11H2,1H3,(H,12,14)(H,13,15,16). The van der Waals surface area contributed by atoms with Crippen molar-refractivity contribution < 1.29 is 9.32 Å². The van der Waals surface area contributed by atoms with Gasteiger partial charge in [0.1, 0.15) is 5.76 Å². The van der Waals surface area contributed by atoms with Crippen molar-refractivity contribution in [2.24, 2.45) is 5.84 Å². The molecule has 0 saturated heterocycles. The molecule has 0 spiro atoms. The van der Waals surface area contributed by atoms with Gasteiger partial charge in [0.05, 0.1) is 11.3 Å². The molecule has 7 nitrogen and oxygen atoms in total. The Morgan fingerprint density at radius 2 is 2.35 bits per heavy atom. The molecule has 1 amide bonds. The Labute approximate surface area is 97.0 Å². The zero-order valence-electron chi connectivity index (χ0n) is 9.10. The van der Waals surface area contributed by atoms with Crippen LogP contribution in [0.2, 0.25) is 0 Å². The number of nitrogens with one attached hydrogen (secondary N) is 2. The van der Waals surface area contributed by atoms with Crippen molar-refractivity contribution >= 4 is 17.4 Å². The van der Waals surface area contributed by atoms with Crippen LogP contribution in [0.3, 0.4) is 0 Å². The van der Waals surface area contributed by atoms with Crippen molar-refractivity contribution in [3.05, 3.63) is 35.9 Å². The van der Waals surface area contributed by atoms with Gasteiger partial charge in [0.25, 0.3) is 5.91 Å². The number of pyridine rings is 1. The molecule has 0 aliphatic rings. The minimum atomic E-state index is -0.362. The number of carbonyl (C=O) groups is 1. The van der Waals surface area contributed by atoms with E-state index >= 15 is 0 Å². The van der Waals surface area contributed by atoms with Crippen LogP contribution in [0, 0.1) is 6.92 Å². The summed E-state index contributed by atoms with van der Waals surface area (Å²) in [6.07, 6.45) is 2.95. The number of anilines is 2. The molecule has 4 N–H and O–H groups in total. The number of aromatic nitrogens is 2. The number of carbonyl (C=O) groups excluding carboxylic acids is 1. The lowest BCUT2D eigenvalue weighted by Crippen LogP contribution is -2.17. The molecule has 0 aliphatic carbocycles. The zero-order valence-corrected chi connectivity index (χ0v) is 9.10. The number of aryl methyl sites for hydroxylation is 1. The van der Waals surface area contributed by atoms with Crippen LogP contribution in [-0.4, -0.2) is 16.0 Å². The van der Waals surface area contributed by atoms with Crippen molar-refractivity contribution in [3.63, 3.8) is 0 Å². The number of rotatable bonds is 3. The van der Waals surface area contributed by atoms with E-state index in [1.807, 2.05) is 0 Å². The van der Waals surface area contributed by atoms with E-state index in [1.54, 1.807) is 19.1 Å². The van der Waals surface area contributed by atoms with E-state index in [0.29, 0.717) is 22.8 Å². The Morgan fingerprint density at radius 1 is 1.53 bits per heavy atom. The molecular weight excluding hydrogens is 222 g/mol. The average molecular weight is 233 g/mol. The van der Waals surface area contributed by atoms with E-state index in [-0.39, 0.29) is 5.91 Å². The summed E-state index contributed by atoms with van der Waals surface area (Å²) in [7, 11) is 0. The number of hydrogen-bond donors (Lipinski definition) is 3. The van der Waals surface area contributed by atoms with E-state index in [1.165, 1.54) is 12.4 Å². The summed E-state index contributed by atoms with van der Waals surface area (Å²) in [5.41, 5.74) is 3.24. The van der Waals surface area contributed by atoms with Crippen LogP contribution in [0.1, 0.15) is 16.1 Å². The molecule has 0 bridgehead atoms. The molecule has 2 heterocycles. The van der Waals surface area contributed by atoms with Gasteiger partial charge < -0.3 is 15.3 Å². The normalized spacial score (nSPS) is 10.0. The minimum absolute atomic E-state index is 0.329. The van der Waals surface area contributed by atoms with Gasteiger partial charge in [0, 0.05) is 18.5 Å². The highest BCUT2D eigenvalue weighted by molar-refractivity contribution is 6.07. The van der Waals surface area contributed by atoms with E-state index in [4.69, 9.17) is 10.4 Å². The maximum absolute atomic E-state index is 11.9. The predicted molar refractivity (Wildman–Crippen MR) is 61.2 cm³/mol. The summed E-state index contributed by atoms with van der Waals surface area (Å²) in [5.74, 6) is 5.89. The first kappa shape index (κ1) is 11.1. The topological polar surface area (TPSA) is 106 Å². The van der Waals surface area contributed by atoms with E-state index in [2.05, 4.69) is 20.9 Å². The molecule has 2 aromatic rings. The van der Waals surface area contributed by atoms with E-state index in [0.717, 1.165) is 0 Å². The van der Waals surface area contributed by atoms with Crippen molar-refractivity contribution in [1.82, 2.24) is 10.1 Å². The second-order valence-electron chi connectivity index (χ2n) is 3.34. The van der Waals surface area contributed by atoms with Crippen LogP contribution >= 0.6 is 0 Å². The summed E-state index contributed by atoms with van der Waals surface area (Å²) in [6, 6.07) is 3.22. The van der Waals surface area contributed by atoms with Gasteiger partial charge >= 0.3 is 0 Å². The summed E-state index contributed by atoms with van der Waals surface area (Å²) >= 11 is 0. The lowest BCUT2D eigenvalue weighted by molar-refractivity contribution is 0.102. The van der Waals surface area contributed by atoms with Gasteiger partial charge in [-0.15, -0.1) is 0 Å². The maximum Gasteiger partial charge on any atom is 0.260 e. The molecule has 0 unspecified atom stereocenters. The number of nitrogens with zero attached hydrogens (tertiary/aromatic N) is 2. The number of hydrazine groups is 1. The molecule has 7 heteroatoms. The molecular formula is C10H11N5O2. The number of amides is 1. The first-order chi connectivity index (χ1) is 8.20. The average Bonchev–Trinajstić information content (AvgIpc) is 2.74. The molecule has 88 valence electrons. The lowest BCUT2D eigenvalue weighted by atomic mass is 10.2. The fourth-order valence-corrected chi connectivity index (χ4v) is 1.31. The number of nitrogen functional groups attached to an aromatic ring is 1. The second-order valence-corrected chi connectivity index (χ2v) is 3.34. The van der Waals surface area contributed by atoms with Crippen LogP contribution in [0.25, 0.3) is 0 Å². The highest BCUT2D eigenvalue weighted by atomic mass is 16.5. The quantitative estimate of drug-likeness (QED) is 0.537. The third kappa shape index (κ3) is 2.40. The van der Waals surface area contributed by atoms with Crippen LogP contribution in [0.4, 0.5) is 11.5 Å². The molecule has 0 aliphatic heterocycles. The highest BCUT2D eigenvalue weighted by Crippen LogP contribution is 2.14. The molecule has 2 aromatic heterocycles. The minimum Gasteiger partial charge on any atom is -0.360 e. The van der Waals surface area contributed by atoms with Crippen LogP contribution in [0.5, 0.6) is 0 Å². The Morgan fingerprint density at radius 3 is 3.00 bits per heavy atom. The summed E-state index contributed by atoms with van der Waals surface area (Å²) in [4.78, 5) is 15.7. The summed E-state index contributed by atoms with van der Waals surface area (Å²) in [5, 5.41) is 6.23. The number of nitrogens with two attached hydrogens (primary N) is 1. The zero-order chi connectivity index (χ0) is 12.3. The van der Waals surface area contributed by atoms with Crippen molar-refractivity contribution in [2.75, 3.05) is 10.7 Å². The molecule has 0 fully saturated rings. The first-order valence-electron chi connectivity index (χ1n) is 4.86. The Hall–Kier alpha value is -2.41. The Kier molecular flexibility index (Phi) is 3.01. The van der Waals surface area contributed by atoms with E-state index < -0.39 is 0 Å². The number of hydrogen-bond acceptors (Lipinski definition) is 6. The van der Waals surface area contributed by atoms with Gasteiger partial charge in [-0.2, -0.15) is 0 Å². The van der Waals surface area contributed by atoms with Gasteiger partial charge in [0.15, 0.2) is 5.82 Å². The summed E-state index contributed by atoms with van der Waals surface area (Å²) in [6.45, 7) is 1.74. The van der Waals surface area contributed by atoms with Crippen LogP contribution < -0.4 is 16.6 Å². The lowest BCUT2D eigenvalue weighted by Gasteiger charge is -2.06. The molecule has 0 radical (unpaired) electrons. The fourth-order valence-electron chi connectivity index (χ4n) is 1.31.